The first-order chi connectivity index (χ1) is 21.6. The van der Waals surface area contributed by atoms with Crippen molar-refractivity contribution in [3.8, 4) is 16.9 Å². The number of rotatable bonds is 10. The van der Waals surface area contributed by atoms with Crippen LogP contribution in [0.25, 0.3) is 22.2 Å². The van der Waals surface area contributed by atoms with Crippen LogP contribution in [0.1, 0.15) is 70.1 Å². The predicted octanol–water partition coefficient (Wildman–Crippen LogP) is 8.58. The molecule has 8 nitrogen and oxygen atoms in total. The number of nitrogens with zero attached hydrogens (tertiary/aromatic N) is 3. The largest absolute Gasteiger partial charge is 0.489 e. The van der Waals surface area contributed by atoms with E-state index < -0.39 is 6.03 Å². The van der Waals surface area contributed by atoms with Gasteiger partial charge in [-0.3, -0.25) is 14.3 Å². The SMILES string of the molecule is CC(C)Cn1c(=O)c(NC(=O)Nc2c(C(C)C)cccc2C(C)C)c(-c2cccc(OCc3ccncc3)c2)c2cccnc21. The van der Waals surface area contributed by atoms with Crippen LogP contribution in [0.4, 0.5) is 16.2 Å². The van der Waals surface area contributed by atoms with E-state index in [1.165, 1.54) is 0 Å². The molecular weight excluding hydrogens is 562 g/mol. The maximum Gasteiger partial charge on any atom is 0.323 e. The van der Waals surface area contributed by atoms with Crippen molar-refractivity contribution in [1.29, 1.82) is 0 Å². The molecule has 2 amide bonds. The topological polar surface area (TPSA) is 98.1 Å². The average molecular weight is 604 g/mol. The molecule has 2 aromatic carbocycles. The number of carbonyl (C=O) groups is 1. The lowest BCUT2D eigenvalue weighted by Gasteiger charge is -2.22. The molecule has 45 heavy (non-hydrogen) atoms. The minimum Gasteiger partial charge on any atom is -0.489 e. The summed E-state index contributed by atoms with van der Waals surface area (Å²) in [4.78, 5) is 36.8. The molecule has 0 radical (unpaired) electrons. The Labute approximate surface area is 264 Å². The van der Waals surface area contributed by atoms with Crippen molar-refractivity contribution in [2.75, 3.05) is 10.6 Å². The second-order valence-corrected chi connectivity index (χ2v) is 12.3. The van der Waals surface area contributed by atoms with Gasteiger partial charge in [0.25, 0.3) is 5.56 Å². The Morgan fingerprint density at radius 2 is 1.49 bits per heavy atom. The van der Waals surface area contributed by atoms with E-state index in [1.54, 1.807) is 23.2 Å². The molecule has 8 heteroatoms. The minimum absolute atomic E-state index is 0.178. The van der Waals surface area contributed by atoms with Crippen LogP contribution in [0.2, 0.25) is 0 Å². The van der Waals surface area contributed by atoms with Crippen molar-refractivity contribution in [2.24, 2.45) is 5.92 Å². The third-order valence-corrected chi connectivity index (χ3v) is 7.70. The first kappa shape index (κ1) is 31.4. The van der Waals surface area contributed by atoms with E-state index in [4.69, 9.17) is 4.74 Å². The highest BCUT2D eigenvalue weighted by molar-refractivity contribution is 6.07. The van der Waals surface area contributed by atoms with Crippen molar-refractivity contribution in [3.05, 3.63) is 112 Å². The van der Waals surface area contributed by atoms with Gasteiger partial charge in [-0.1, -0.05) is 71.9 Å². The molecule has 0 spiro atoms. The molecule has 0 unspecified atom stereocenters. The van der Waals surface area contributed by atoms with Gasteiger partial charge in [-0.2, -0.15) is 0 Å². The van der Waals surface area contributed by atoms with Crippen LogP contribution in [-0.2, 0) is 13.2 Å². The number of benzene rings is 2. The van der Waals surface area contributed by atoms with Gasteiger partial charge in [-0.25, -0.2) is 9.78 Å². The highest BCUT2D eigenvalue weighted by Gasteiger charge is 2.23. The molecule has 0 fully saturated rings. The lowest BCUT2D eigenvalue weighted by Crippen LogP contribution is -2.31. The van der Waals surface area contributed by atoms with E-state index in [0.29, 0.717) is 30.1 Å². The maximum atomic E-state index is 14.3. The summed E-state index contributed by atoms with van der Waals surface area (Å²) in [7, 11) is 0. The molecule has 3 aromatic heterocycles. The van der Waals surface area contributed by atoms with E-state index in [0.717, 1.165) is 33.3 Å². The number of pyridine rings is 3. The zero-order valence-electron chi connectivity index (χ0n) is 26.8. The molecule has 0 aliphatic heterocycles. The number of hydrogen-bond donors (Lipinski definition) is 2. The molecule has 0 aliphatic rings. The number of fused-ring (bicyclic) bond motifs is 1. The summed E-state index contributed by atoms with van der Waals surface area (Å²) in [5.41, 5.74) is 5.60. The quantitative estimate of drug-likeness (QED) is 0.167. The van der Waals surface area contributed by atoms with E-state index in [-0.39, 0.29) is 29.0 Å². The van der Waals surface area contributed by atoms with Crippen LogP contribution in [0.5, 0.6) is 5.75 Å². The zero-order valence-corrected chi connectivity index (χ0v) is 26.8. The summed E-state index contributed by atoms with van der Waals surface area (Å²) in [6, 6.07) is 20.8. The summed E-state index contributed by atoms with van der Waals surface area (Å²) in [5, 5.41) is 6.85. The third-order valence-electron chi connectivity index (χ3n) is 7.70. The number of ether oxygens (including phenoxy) is 1. The van der Waals surface area contributed by atoms with E-state index in [2.05, 4.69) is 62.1 Å². The summed E-state index contributed by atoms with van der Waals surface area (Å²) >= 11 is 0. The van der Waals surface area contributed by atoms with Gasteiger partial charge in [0.2, 0.25) is 0 Å². The number of urea groups is 1. The number of aromatic nitrogens is 3. The molecule has 232 valence electrons. The summed E-state index contributed by atoms with van der Waals surface area (Å²) in [6.07, 6.45) is 5.15. The standard InChI is InChI=1S/C37H41N5O3/c1-23(2)21-42-35-31(14-9-17-39-35)32(27-10-7-11-28(20-27)45-22-26-15-18-38-19-16-26)34(36(42)43)41-37(44)40-33-29(24(3)4)12-8-13-30(33)25(5)6/h7-20,23-25H,21-22H2,1-6H3,(H2,40,41,44). The first-order valence-electron chi connectivity index (χ1n) is 15.5. The lowest BCUT2D eigenvalue weighted by atomic mass is 9.93. The fraction of sp³-hybridized carbons (Fsp3) is 0.297. The van der Waals surface area contributed by atoms with Gasteiger partial charge >= 0.3 is 6.03 Å². The molecule has 5 rings (SSSR count). The van der Waals surface area contributed by atoms with E-state index >= 15 is 0 Å². The summed E-state index contributed by atoms with van der Waals surface area (Å²) in [6.45, 7) is 13.3. The molecule has 0 saturated carbocycles. The molecule has 0 saturated heterocycles. The lowest BCUT2D eigenvalue weighted by molar-refractivity contribution is 0.262. The van der Waals surface area contributed by atoms with Gasteiger partial charge in [0.05, 0.1) is 0 Å². The fourth-order valence-electron chi connectivity index (χ4n) is 5.57. The Morgan fingerprint density at radius 1 is 0.822 bits per heavy atom. The normalized spacial score (nSPS) is 11.4. The zero-order chi connectivity index (χ0) is 32.1. The fourth-order valence-corrected chi connectivity index (χ4v) is 5.57. The maximum absolute atomic E-state index is 14.3. The van der Waals surface area contributed by atoms with Crippen molar-refractivity contribution in [2.45, 2.75) is 66.5 Å². The first-order valence-corrected chi connectivity index (χ1v) is 15.5. The number of anilines is 2. The van der Waals surface area contributed by atoms with Crippen LogP contribution < -0.4 is 20.9 Å². The number of para-hydroxylation sites is 1. The minimum atomic E-state index is -0.479. The highest BCUT2D eigenvalue weighted by atomic mass is 16.5. The number of carbonyl (C=O) groups excluding carboxylic acids is 1. The Morgan fingerprint density at radius 3 is 2.16 bits per heavy atom. The van der Waals surface area contributed by atoms with Gasteiger partial charge in [0, 0.05) is 41.8 Å². The van der Waals surface area contributed by atoms with Crippen molar-refractivity contribution < 1.29 is 9.53 Å². The monoisotopic (exact) mass is 603 g/mol. The average Bonchev–Trinajstić information content (AvgIpc) is 3.02. The third kappa shape index (κ3) is 7.06. The molecule has 2 N–H and O–H groups in total. The van der Waals surface area contributed by atoms with Gasteiger partial charge in [0.15, 0.2) is 0 Å². The van der Waals surface area contributed by atoms with Crippen LogP contribution in [0, 0.1) is 5.92 Å². The molecule has 5 aromatic rings. The van der Waals surface area contributed by atoms with Gasteiger partial charge in [-0.05, 0) is 76.4 Å². The van der Waals surface area contributed by atoms with Gasteiger partial charge in [0.1, 0.15) is 23.7 Å². The molecule has 0 bridgehead atoms. The molecule has 3 heterocycles. The van der Waals surface area contributed by atoms with Crippen molar-refractivity contribution >= 4 is 28.4 Å². The second kappa shape index (κ2) is 13.8. The summed E-state index contributed by atoms with van der Waals surface area (Å²) < 4.78 is 7.77. The number of amides is 2. The number of nitrogens with one attached hydrogen (secondary N) is 2. The summed E-state index contributed by atoms with van der Waals surface area (Å²) in [5.74, 6) is 1.20. The highest BCUT2D eigenvalue weighted by Crippen LogP contribution is 2.36. The number of hydrogen-bond acceptors (Lipinski definition) is 5. The van der Waals surface area contributed by atoms with Crippen LogP contribution >= 0.6 is 0 Å². The van der Waals surface area contributed by atoms with Crippen molar-refractivity contribution in [3.63, 3.8) is 0 Å². The van der Waals surface area contributed by atoms with E-state index in [9.17, 15) is 9.59 Å². The smallest absolute Gasteiger partial charge is 0.323 e. The van der Waals surface area contributed by atoms with Crippen LogP contribution in [0.15, 0.2) is 90.1 Å². The molecule has 0 aliphatic carbocycles. The Hall–Kier alpha value is -4.98. The Bertz CT molecular complexity index is 1840. The van der Waals surface area contributed by atoms with Crippen LogP contribution in [0.3, 0.4) is 0 Å². The predicted molar refractivity (Wildman–Crippen MR) is 182 cm³/mol. The second-order valence-electron chi connectivity index (χ2n) is 12.3. The Balaban J connectivity index is 1.62. The van der Waals surface area contributed by atoms with Gasteiger partial charge in [-0.15, -0.1) is 0 Å². The molecular formula is C37H41N5O3. The van der Waals surface area contributed by atoms with E-state index in [1.807, 2.05) is 66.7 Å². The molecule has 0 atom stereocenters. The van der Waals surface area contributed by atoms with Crippen LogP contribution in [-0.4, -0.2) is 20.6 Å². The Kier molecular flexibility index (Phi) is 9.62. The van der Waals surface area contributed by atoms with Gasteiger partial charge < -0.3 is 15.4 Å². The van der Waals surface area contributed by atoms with Crippen molar-refractivity contribution in [1.82, 2.24) is 14.5 Å².